The van der Waals surface area contributed by atoms with Gasteiger partial charge in [0.1, 0.15) is 0 Å². The van der Waals surface area contributed by atoms with Crippen LogP contribution in [0.4, 0.5) is 13.2 Å². The van der Waals surface area contributed by atoms with Crippen LogP contribution in [0.1, 0.15) is 43.7 Å². The number of alkyl halides is 3. The first-order valence-electron chi connectivity index (χ1n) is 10.2. The largest absolute Gasteiger partial charge is 0.416 e. The lowest BCUT2D eigenvalue weighted by Gasteiger charge is -2.43. The van der Waals surface area contributed by atoms with Crippen molar-refractivity contribution in [2.45, 2.75) is 56.3 Å². The Morgan fingerprint density at radius 3 is 2.70 bits per heavy atom. The number of nitrogens with zero attached hydrogens (tertiary/aromatic N) is 1. The summed E-state index contributed by atoms with van der Waals surface area (Å²) in [6.07, 6.45) is -0.534. The van der Waals surface area contributed by atoms with Gasteiger partial charge < -0.3 is 20.1 Å². The summed E-state index contributed by atoms with van der Waals surface area (Å²) in [4.78, 5) is 4.25. The van der Waals surface area contributed by atoms with E-state index in [1.807, 2.05) is 6.92 Å². The highest BCUT2D eigenvalue weighted by Gasteiger charge is 2.40. The van der Waals surface area contributed by atoms with E-state index < -0.39 is 11.7 Å². The zero-order valence-electron chi connectivity index (χ0n) is 17.4. The van der Waals surface area contributed by atoms with Crippen molar-refractivity contribution in [2.24, 2.45) is 4.99 Å². The molecule has 2 unspecified atom stereocenters. The molecule has 1 aliphatic heterocycles. The van der Waals surface area contributed by atoms with E-state index in [9.17, 15) is 13.2 Å². The van der Waals surface area contributed by atoms with Crippen molar-refractivity contribution in [3.63, 3.8) is 0 Å². The van der Waals surface area contributed by atoms with Crippen molar-refractivity contribution in [3.8, 4) is 0 Å². The Morgan fingerprint density at radius 1 is 1.37 bits per heavy atom. The van der Waals surface area contributed by atoms with Crippen LogP contribution < -0.4 is 10.6 Å². The molecule has 2 atom stereocenters. The summed E-state index contributed by atoms with van der Waals surface area (Å²) in [5.74, 6) is 0.627. The van der Waals surface area contributed by atoms with Gasteiger partial charge in [-0.2, -0.15) is 13.2 Å². The molecular formula is C21H31F3IN3O2. The summed E-state index contributed by atoms with van der Waals surface area (Å²) in [6.45, 7) is 4.46. The van der Waals surface area contributed by atoms with Crippen LogP contribution >= 0.6 is 24.0 Å². The Labute approximate surface area is 193 Å². The fraction of sp³-hybridized carbons (Fsp3) is 0.667. The number of nitrogens with one attached hydrogen (secondary N) is 2. The first-order chi connectivity index (χ1) is 13.8. The van der Waals surface area contributed by atoms with Crippen LogP contribution in [-0.4, -0.2) is 51.5 Å². The molecule has 3 rings (SSSR count). The first kappa shape index (κ1) is 25.2. The van der Waals surface area contributed by atoms with Gasteiger partial charge >= 0.3 is 6.18 Å². The summed E-state index contributed by atoms with van der Waals surface area (Å²) < 4.78 is 50.5. The molecule has 2 fully saturated rings. The van der Waals surface area contributed by atoms with E-state index in [0.29, 0.717) is 25.7 Å². The number of hydrogen-bond acceptors (Lipinski definition) is 3. The highest BCUT2D eigenvalue weighted by molar-refractivity contribution is 14.0. The van der Waals surface area contributed by atoms with Gasteiger partial charge in [0.25, 0.3) is 0 Å². The van der Waals surface area contributed by atoms with Crippen molar-refractivity contribution in [2.75, 3.05) is 33.4 Å². The zero-order valence-corrected chi connectivity index (χ0v) is 19.8. The number of hydrogen-bond donors (Lipinski definition) is 2. The molecule has 30 heavy (non-hydrogen) atoms. The summed E-state index contributed by atoms with van der Waals surface area (Å²) in [5.41, 5.74) is -0.149. The third kappa shape index (κ3) is 6.46. The summed E-state index contributed by atoms with van der Waals surface area (Å²) in [7, 11) is 1.69. The molecule has 0 amide bonds. The maximum Gasteiger partial charge on any atom is 0.416 e. The van der Waals surface area contributed by atoms with Crippen molar-refractivity contribution >= 4 is 29.9 Å². The number of aliphatic imine (C=N–C) groups is 1. The molecule has 1 aromatic rings. The maximum atomic E-state index is 13.1. The van der Waals surface area contributed by atoms with Crippen LogP contribution in [0, 0.1) is 0 Å². The Balaban J connectivity index is 0.00000320. The molecule has 0 bridgehead atoms. The number of ether oxygens (including phenoxy) is 2. The second-order valence-corrected chi connectivity index (χ2v) is 8.00. The minimum Gasteiger partial charge on any atom is -0.379 e. The van der Waals surface area contributed by atoms with Gasteiger partial charge in [-0.3, -0.25) is 4.99 Å². The van der Waals surface area contributed by atoms with Crippen LogP contribution in [0.3, 0.4) is 0 Å². The molecule has 0 aromatic heterocycles. The lowest BCUT2D eigenvalue weighted by Crippen LogP contribution is -2.51. The van der Waals surface area contributed by atoms with E-state index in [2.05, 4.69) is 15.6 Å². The normalized spacial score (nSPS) is 22.0. The second kappa shape index (κ2) is 11.0. The van der Waals surface area contributed by atoms with Gasteiger partial charge in [-0.1, -0.05) is 24.6 Å². The molecule has 9 heteroatoms. The van der Waals surface area contributed by atoms with Crippen LogP contribution in [0.2, 0.25) is 0 Å². The molecular weight excluding hydrogens is 510 g/mol. The summed E-state index contributed by atoms with van der Waals surface area (Å²) in [5, 5.41) is 6.60. The summed E-state index contributed by atoms with van der Waals surface area (Å²) in [6, 6.07) is 5.76. The van der Waals surface area contributed by atoms with Crippen molar-refractivity contribution in [1.82, 2.24) is 10.6 Å². The Hall–Kier alpha value is -1.07. The van der Waals surface area contributed by atoms with Gasteiger partial charge in [0, 0.05) is 31.7 Å². The van der Waals surface area contributed by atoms with Gasteiger partial charge in [-0.15, -0.1) is 24.0 Å². The standard InChI is InChI=1S/C21H30F3N3O2.HI/c1-15(12-29-18-7-10-28-13-18)27-19(25-2)26-14-20(8-4-9-20)16-5-3-6-17(11-16)21(22,23)24;/h3,5-6,11,15,18H,4,7-10,12-14H2,1-2H3,(H2,25,26,27);1H. The third-order valence-corrected chi connectivity index (χ3v) is 5.78. The van der Waals surface area contributed by atoms with Gasteiger partial charge in [-0.25, -0.2) is 0 Å². The predicted molar refractivity (Wildman–Crippen MR) is 122 cm³/mol. The van der Waals surface area contributed by atoms with E-state index in [-0.39, 0.29) is 41.5 Å². The van der Waals surface area contributed by atoms with Crippen LogP contribution in [-0.2, 0) is 21.1 Å². The predicted octanol–water partition coefficient (Wildman–Crippen LogP) is 4.10. The quantitative estimate of drug-likeness (QED) is 0.310. The molecule has 0 radical (unpaired) electrons. The molecule has 170 valence electrons. The fourth-order valence-electron chi connectivity index (χ4n) is 3.84. The van der Waals surface area contributed by atoms with E-state index >= 15 is 0 Å². The number of rotatable bonds is 7. The summed E-state index contributed by atoms with van der Waals surface area (Å²) >= 11 is 0. The topological polar surface area (TPSA) is 54.9 Å². The molecule has 1 aromatic carbocycles. The average Bonchev–Trinajstić information content (AvgIpc) is 3.18. The van der Waals surface area contributed by atoms with E-state index in [4.69, 9.17) is 9.47 Å². The lowest BCUT2D eigenvalue weighted by atomic mass is 9.64. The van der Waals surface area contributed by atoms with E-state index in [0.717, 1.165) is 43.9 Å². The SMILES string of the molecule is CN=C(NCC1(c2cccc(C(F)(F)F)c2)CCC1)NC(C)COC1CCOC1.I. The van der Waals surface area contributed by atoms with E-state index in [1.165, 1.54) is 12.1 Å². The average molecular weight is 541 g/mol. The first-order valence-corrected chi connectivity index (χ1v) is 10.2. The Bertz CT molecular complexity index is 705. The van der Waals surface area contributed by atoms with Crippen LogP contribution in [0.5, 0.6) is 0 Å². The van der Waals surface area contributed by atoms with Crippen molar-refractivity contribution < 1.29 is 22.6 Å². The molecule has 1 saturated carbocycles. The van der Waals surface area contributed by atoms with Gasteiger partial charge in [0.05, 0.1) is 24.9 Å². The number of halogens is 4. The fourth-order valence-corrected chi connectivity index (χ4v) is 3.84. The third-order valence-electron chi connectivity index (χ3n) is 5.78. The molecule has 2 aliphatic rings. The van der Waals surface area contributed by atoms with Crippen LogP contribution in [0.15, 0.2) is 29.3 Å². The van der Waals surface area contributed by atoms with Crippen molar-refractivity contribution in [3.05, 3.63) is 35.4 Å². The molecule has 2 N–H and O–H groups in total. The molecule has 1 heterocycles. The smallest absolute Gasteiger partial charge is 0.379 e. The van der Waals surface area contributed by atoms with Gasteiger partial charge in [0.2, 0.25) is 0 Å². The molecule has 0 spiro atoms. The second-order valence-electron chi connectivity index (χ2n) is 8.00. The van der Waals surface area contributed by atoms with E-state index in [1.54, 1.807) is 13.1 Å². The number of guanidine groups is 1. The molecule has 1 aliphatic carbocycles. The minimum absolute atomic E-state index is 0. The molecule has 1 saturated heterocycles. The van der Waals surface area contributed by atoms with Gasteiger partial charge in [0.15, 0.2) is 5.96 Å². The monoisotopic (exact) mass is 541 g/mol. The Kier molecular flexibility index (Phi) is 9.23. The van der Waals surface area contributed by atoms with Crippen LogP contribution in [0.25, 0.3) is 0 Å². The van der Waals surface area contributed by atoms with Gasteiger partial charge in [-0.05, 0) is 37.8 Å². The number of benzene rings is 1. The van der Waals surface area contributed by atoms with Crippen molar-refractivity contribution in [1.29, 1.82) is 0 Å². The zero-order chi connectivity index (χ0) is 20.9. The highest BCUT2D eigenvalue weighted by atomic mass is 127. The lowest BCUT2D eigenvalue weighted by molar-refractivity contribution is -0.137. The minimum atomic E-state index is -4.33. The highest BCUT2D eigenvalue weighted by Crippen LogP contribution is 2.44. The maximum absolute atomic E-state index is 13.1. The molecule has 5 nitrogen and oxygen atoms in total. The Morgan fingerprint density at radius 2 is 2.13 bits per heavy atom.